The van der Waals surface area contributed by atoms with Crippen LogP contribution in [0.2, 0.25) is 0 Å². The van der Waals surface area contributed by atoms with Crippen LogP contribution in [0.1, 0.15) is 0 Å². The van der Waals surface area contributed by atoms with Gasteiger partial charge in [-0.15, -0.1) is 23.4 Å². The van der Waals surface area contributed by atoms with E-state index < -0.39 is 27.0 Å². The van der Waals surface area contributed by atoms with Crippen LogP contribution in [-0.2, 0) is 17.1 Å². The number of nitrogens with one attached hydrogen (secondary N) is 1. The number of rotatable bonds is 6. The van der Waals surface area contributed by atoms with E-state index >= 15 is 0 Å². The number of alkyl halides is 3. The zero-order chi connectivity index (χ0) is 20.4. The van der Waals surface area contributed by atoms with E-state index in [-0.39, 0.29) is 5.69 Å². The second-order valence-corrected chi connectivity index (χ2v) is 8.14. The minimum atomic E-state index is -5.01. The van der Waals surface area contributed by atoms with E-state index in [0.29, 0.717) is 5.16 Å². The van der Waals surface area contributed by atoms with Crippen molar-refractivity contribution in [3.05, 3.63) is 54.9 Å². The maximum absolute atomic E-state index is 12.5. The molecule has 0 unspecified atom stereocenters. The molecule has 0 saturated carbocycles. The molecule has 2 aromatic carbocycles. The zero-order valence-corrected chi connectivity index (χ0v) is 15.8. The lowest BCUT2D eigenvalue weighted by atomic mass is 10.3. The number of para-hydroxylation sites is 1. The Bertz CT molecular complexity index is 1070. The minimum Gasteiger partial charge on any atom is -0.404 e. The second kappa shape index (κ2) is 7.72. The Balaban J connectivity index is 1.79. The number of halogens is 3. The van der Waals surface area contributed by atoms with Crippen LogP contribution < -0.4 is 9.46 Å². The van der Waals surface area contributed by atoms with Gasteiger partial charge < -0.3 is 9.30 Å². The molecule has 3 aromatic rings. The number of aromatic nitrogens is 3. The standard InChI is InChI=1S/C16H13F3N4O3S2/c1-23-10-20-21-15(23)27-12-8-6-11(7-9-12)22-28(24,25)14-5-3-2-4-13(14)26-16(17,18)19/h2-10,22H,1H3. The van der Waals surface area contributed by atoms with Gasteiger partial charge in [0.2, 0.25) is 0 Å². The maximum Gasteiger partial charge on any atom is 0.573 e. The van der Waals surface area contributed by atoms with Crippen molar-refractivity contribution in [3.63, 3.8) is 0 Å². The number of hydrogen-bond donors (Lipinski definition) is 1. The molecular formula is C16H13F3N4O3S2. The summed E-state index contributed by atoms with van der Waals surface area (Å²) in [6.07, 6.45) is -3.46. The number of nitrogens with zero attached hydrogens (tertiary/aromatic N) is 3. The molecule has 0 atom stereocenters. The first-order valence-electron chi connectivity index (χ1n) is 7.63. The fourth-order valence-corrected chi connectivity index (χ4v) is 4.10. The largest absolute Gasteiger partial charge is 0.573 e. The number of anilines is 1. The maximum atomic E-state index is 12.5. The average molecular weight is 430 g/mol. The van der Waals surface area contributed by atoms with Crippen LogP contribution in [0.3, 0.4) is 0 Å². The molecule has 0 aliphatic heterocycles. The summed E-state index contributed by atoms with van der Waals surface area (Å²) < 4.78 is 70.3. The Hall–Kier alpha value is -2.73. The Morgan fingerprint density at radius 1 is 1.11 bits per heavy atom. The van der Waals surface area contributed by atoms with Crippen molar-refractivity contribution in [2.45, 2.75) is 21.3 Å². The molecule has 1 aromatic heterocycles. The molecule has 3 rings (SSSR count). The summed E-state index contributed by atoms with van der Waals surface area (Å²) in [5.41, 5.74) is 0.184. The number of sulfonamides is 1. The normalized spacial score (nSPS) is 12.0. The van der Waals surface area contributed by atoms with E-state index in [9.17, 15) is 21.6 Å². The molecule has 0 spiro atoms. The summed E-state index contributed by atoms with van der Waals surface area (Å²) in [5, 5.41) is 8.33. The van der Waals surface area contributed by atoms with E-state index in [1.165, 1.54) is 36.0 Å². The molecule has 7 nitrogen and oxygen atoms in total. The van der Waals surface area contributed by atoms with Crippen molar-refractivity contribution in [2.24, 2.45) is 7.05 Å². The van der Waals surface area contributed by atoms with Crippen LogP contribution >= 0.6 is 11.8 Å². The van der Waals surface area contributed by atoms with Gasteiger partial charge in [-0.2, -0.15) is 0 Å². The van der Waals surface area contributed by atoms with Crippen LogP contribution in [0, 0.1) is 0 Å². The Morgan fingerprint density at radius 3 is 2.39 bits per heavy atom. The molecule has 0 aliphatic carbocycles. The lowest BCUT2D eigenvalue weighted by Crippen LogP contribution is -2.20. The first-order chi connectivity index (χ1) is 13.1. The fraction of sp³-hybridized carbons (Fsp3) is 0.125. The van der Waals surface area contributed by atoms with Crippen molar-refractivity contribution in [2.75, 3.05) is 4.72 Å². The molecule has 0 bridgehead atoms. The van der Waals surface area contributed by atoms with Crippen molar-refractivity contribution >= 4 is 27.5 Å². The second-order valence-electron chi connectivity index (χ2n) is 5.45. The number of ether oxygens (including phenoxy) is 1. The third-order valence-electron chi connectivity index (χ3n) is 3.35. The van der Waals surface area contributed by atoms with Crippen molar-refractivity contribution < 1.29 is 26.3 Å². The van der Waals surface area contributed by atoms with Gasteiger partial charge in [0.1, 0.15) is 17.0 Å². The molecule has 0 saturated heterocycles. The molecule has 12 heteroatoms. The van der Waals surface area contributed by atoms with E-state index in [1.54, 1.807) is 30.1 Å². The van der Waals surface area contributed by atoms with Gasteiger partial charge in [0, 0.05) is 17.6 Å². The molecule has 1 heterocycles. The highest BCUT2D eigenvalue weighted by Gasteiger charge is 2.34. The first kappa shape index (κ1) is 20.0. The molecule has 1 N–H and O–H groups in total. The minimum absolute atomic E-state index is 0.184. The molecular weight excluding hydrogens is 417 g/mol. The van der Waals surface area contributed by atoms with Crippen LogP contribution in [0.5, 0.6) is 5.75 Å². The molecule has 28 heavy (non-hydrogen) atoms. The Morgan fingerprint density at radius 2 is 1.79 bits per heavy atom. The van der Waals surface area contributed by atoms with Crippen molar-refractivity contribution in [1.29, 1.82) is 0 Å². The smallest absolute Gasteiger partial charge is 0.404 e. The van der Waals surface area contributed by atoms with Gasteiger partial charge in [-0.25, -0.2) is 8.42 Å². The van der Waals surface area contributed by atoms with Crippen LogP contribution in [-0.4, -0.2) is 29.5 Å². The summed E-state index contributed by atoms with van der Waals surface area (Å²) in [7, 11) is -2.51. The SMILES string of the molecule is Cn1cnnc1Sc1ccc(NS(=O)(=O)c2ccccc2OC(F)(F)F)cc1. The molecule has 0 fully saturated rings. The molecule has 0 radical (unpaired) electrons. The summed E-state index contributed by atoms with van der Waals surface area (Å²) in [5.74, 6) is -0.808. The van der Waals surface area contributed by atoms with Gasteiger partial charge in [-0.3, -0.25) is 4.72 Å². The topological polar surface area (TPSA) is 86.1 Å². The van der Waals surface area contributed by atoms with E-state index in [2.05, 4.69) is 19.7 Å². The Kier molecular flexibility index (Phi) is 5.52. The van der Waals surface area contributed by atoms with Gasteiger partial charge in [-0.1, -0.05) is 12.1 Å². The quantitative estimate of drug-likeness (QED) is 0.642. The predicted molar refractivity (Wildman–Crippen MR) is 95.5 cm³/mol. The van der Waals surface area contributed by atoms with Crippen LogP contribution in [0.4, 0.5) is 18.9 Å². The number of hydrogen-bond acceptors (Lipinski definition) is 6. The van der Waals surface area contributed by atoms with Crippen LogP contribution in [0.25, 0.3) is 0 Å². The van der Waals surface area contributed by atoms with Crippen molar-refractivity contribution in [1.82, 2.24) is 14.8 Å². The monoisotopic (exact) mass is 430 g/mol. The number of aryl methyl sites for hydroxylation is 1. The predicted octanol–water partition coefficient (Wildman–Crippen LogP) is 3.67. The van der Waals surface area contributed by atoms with Gasteiger partial charge in [0.05, 0.1) is 0 Å². The third kappa shape index (κ3) is 4.95. The summed E-state index contributed by atoms with van der Waals surface area (Å²) in [6, 6.07) is 10.8. The first-order valence-corrected chi connectivity index (χ1v) is 9.93. The van der Waals surface area contributed by atoms with E-state index in [1.807, 2.05) is 0 Å². The highest BCUT2D eigenvalue weighted by atomic mass is 32.2. The van der Waals surface area contributed by atoms with Gasteiger partial charge >= 0.3 is 6.36 Å². The average Bonchev–Trinajstić information content (AvgIpc) is 3.00. The number of benzene rings is 2. The van der Waals surface area contributed by atoms with E-state index in [0.717, 1.165) is 17.0 Å². The van der Waals surface area contributed by atoms with Gasteiger partial charge in [0.25, 0.3) is 10.0 Å². The van der Waals surface area contributed by atoms with Gasteiger partial charge in [-0.05, 0) is 48.2 Å². The van der Waals surface area contributed by atoms with Gasteiger partial charge in [0.15, 0.2) is 5.16 Å². The van der Waals surface area contributed by atoms with Crippen molar-refractivity contribution in [3.8, 4) is 5.75 Å². The fourth-order valence-electron chi connectivity index (χ4n) is 2.15. The lowest BCUT2D eigenvalue weighted by molar-refractivity contribution is -0.275. The highest BCUT2D eigenvalue weighted by molar-refractivity contribution is 7.99. The van der Waals surface area contributed by atoms with Crippen LogP contribution in [0.15, 0.2) is 69.8 Å². The highest BCUT2D eigenvalue weighted by Crippen LogP contribution is 2.31. The third-order valence-corrected chi connectivity index (χ3v) is 5.83. The molecule has 0 aliphatic rings. The molecule has 0 amide bonds. The zero-order valence-electron chi connectivity index (χ0n) is 14.2. The Labute approximate surface area is 162 Å². The lowest BCUT2D eigenvalue weighted by Gasteiger charge is -2.14. The summed E-state index contributed by atoms with van der Waals surface area (Å²) in [6.45, 7) is 0. The molecule has 148 valence electrons. The van der Waals surface area contributed by atoms with E-state index in [4.69, 9.17) is 0 Å². The summed E-state index contributed by atoms with van der Waals surface area (Å²) >= 11 is 1.32. The summed E-state index contributed by atoms with van der Waals surface area (Å²) in [4.78, 5) is 0.157.